The topological polar surface area (TPSA) is 89.8 Å². The van der Waals surface area contributed by atoms with Gasteiger partial charge in [-0.2, -0.15) is 8.42 Å². The van der Waals surface area contributed by atoms with Crippen LogP contribution in [0.1, 0.15) is 6.92 Å². The van der Waals surface area contributed by atoms with Crippen LogP contribution in [-0.4, -0.2) is 27.9 Å². The second-order valence-electron chi connectivity index (χ2n) is 3.35. The monoisotopic (exact) mass is 287 g/mol. The predicted octanol–water partition coefficient (Wildman–Crippen LogP) is 1.15. The van der Waals surface area contributed by atoms with E-state index in [0.717, 1.165) is 0 Å². The molecule has 0 amide bonds. The van der Waals surface area contributed by atoms with Gasteiger partial charge >= 0.3 is 0 Å². The third-order valence-electron chi connectivity index (χ3n) is 2.10. The SMILES string of the molecule is CCn1cnc(S(=O)(=O)Nc2nccc(Cl)n2)c1. The summed E-state index contributed by atoms with van der Waals surface area (Å²) in [5, 5.41) is 0.0645. The molecule has 18 heavy (non-hydrogen) atoms. The number of halogens is 1. The third-order valence-corrected chi connectivity index (χ3v) is 3.52. The summed E-state index contributed by atoms with van der Waals surface area (Å²) < 4.78 is 27.7. The van der Waals surface area contributed by atoms with Gasteiger partial charge in [0, 0.05) is 18.9 Å². The van der Waals surface area contributed by atoms with Gasteiger partial charge in [-0.05, 0) is 13.0 Å². The lowest BCUT2D eigenvalue weighted by molar-refractivity contribution is 0.597. The van der Waals surface area contributed by atoms with Crippen LogP contribution in [0.15, 0.2) is 29.8 Å². The Kier molecular flexibility index (Phi) is 3.48. The van der Waals surface area contributed by atoms with Crippen molar-refractivity contribution >= 4 is 27.6 Å². The highest BCUT2D eigenvalue weighted by Gasteiger charge is 2.18. The number of nitrogens with one attached hydrogen (secondary N) is 1. The lowest BCUT2D eigenvalue weighted by atomic mass is 10.7. The van der Waals surface area contributed by atoms with E-state index < -0.39 is 10.0 Å². The maximum absolute atomic E-state index is 11.9. The van der Waals surface area contributed by atoms with Crippen LogP contribution >= 0.6 is 11.6 Å². The summed E-state index contributed by atoms with van der Waals surface area (Å²) in [6.07, 6.45) is 4.22. The second-order valence-corrected chi connectivity index (χ2v) is 5.37. The van der Waals surface area contributed by atoms with Gasteiger partial charge in [-0.3, -0.25) is 0 Å². The van der Waals surface area contributed by atoms with E-state index in [4.69, 9.17) is 11.6 Å². The van der Waals surface area contributed by atoms with Crippen molar-refractivity contribution in [1.29, 1.82) is 0 Å². The molecule has 0 saturated heterocycles. The van der Waals surface area contributed by atoms with Crippen LogP contribution in [-0.2, 0) is 16.6 Å². The molecule has 0 bridgehead atoms. The molecule has 96 valence electrons. The summed E-state index contributed by atoms with van der Waals surface area (Å²) in [5.74, 6) is -0.0893. The number of aromatic nitrogens is 4. The molecular formula is C9H10ClN5O2S. The molecule has 7 nitrogen and oxygen atoms in total. The molecule has 0 saturated carbocycles. The fourth-order valence-corrected chi connectivity index (χ4v) is 2.25. The number of rotatable bonds is 4. The van der Waals surface area contributed by atoms with Gasteiger partial charge in [-0.15, -0.1) is 0 Å². The molecule has 2 rings (SSSR count). The summed E-state index contributed by atoms with van der Waals surface area (Å²) in [6, 6.07) is 1.45. The molecule has 0 aliphatic rings. The maximum atomic E-state index is 11.9. The van der Waals surface area contributed by atoms with Crippen molar-refractivity contribution in [3.63, 3.8) is 0 Å². The van der Waals surface area contributed by atoms with Gasteiger partial charge in [0.1, 0.15) is 5.15 Å². The number of imidazole rings is 1. The van der Waals surface area contributed by atoms with Gasteiger partial charge < -0.3 is 4.57 Å². The molecule has 1 N–H and O–H groups in total. The Morgan fingerprint density at radius 3 is 2.83 bits per heavy atom. The van der Waals surface area contributed by atoms with Gasteiger partial charge in [0.05, 0.1) is 6.33 Å². The van der Waals surface area contributed by atoms with Gasteiger partial charge in [0.25, 0.3) is 10.0 Å². The zero-order valence-corrected chi connectivity index (χ0v) is 11.0. The summed E-state index contributed by atoms with van der Waals surface area (Å²) in [6.45, 7) is 2.52. The molecule has 2 aromatic rings. The minimum absolute atomic E-state index is 0.0893. The number of anilines is 1. The average molecular weight is 288 g/mol. The first-order valence-electron chi connectivity index (χ1n) is 5.04. The minimum atomic E-state index is -3.78. The van der Waals surface area contributed by atoms with Gasteiger partial charge in [0.2, 0.25) is 5.95 Å². The molecule has 2 aromatic heterocycles. The Morgan fingerprint density at radius 2 is 2.22 bits per heavy atom. The standard InChI is InChI=1S/C9H10ClN5O2S/c1-2-15-5-8(12-6-15)18(16,17)14-9-11-4-3-7(10)13-9/h3-6H,2H2,1H3,(H,11,13,14). The van der Waals surface area contributed by atoms with Crippen LogP contribution in [0.3, 0.4) is 0 Å². The molecule has 0 radical (unpaired) electrons. The molecule has 0 fully saturated rings. The van der Waals surface area contributed by atoms with Crippen molar-refractivity contribution in [2.45, 2.75) is 18.5 Å². The number of sulfonamides is 1. The lowest BCUT2D eigenvalue weighted by Crippen LogP contribution is -2.15. The van der Waals surface area contributed by atoms with Crippen molar-refractivity contribution in [1.82, 2.24) is 19.5 Å². The van der Waals surface area contributed by atoms with Crippen LogP contribution in [0.2, 0.25) is 5.15 Å². The van der Waals surface area contributed by atoms with E-state index in [9.17, 15) is 8.42 Å². The quantitative estimate of drug-likeness (QED) is 0.852. The molecular weight excluding hydrogens is 278 g/mol. The summed E-state index contributed by atoms with van der Waals surface area (Å²) in [5.41, 5.74) is 0. The van der Waals surface area contributed by atoms with Crippen molar-refractivity contribution in [3.8, 4) is 0 Å². The highest BCUT2D eigenvalue weighted by molar-refractivity contribution is 7.92. The van der Waals surface area contributed by atoms with E-state index in [1.165, 1.54) is 24.8 Å². The van der Waals surface area contributed by atoms with Gasteiger partial charge in [-0.25, -0.2) is 19.7 Å². The lowest BCUT2D eigenvalue weighted by Gasteiger charge is -2.03. The molecule has 0 aliphatic heterocycles. The van der Waals surface area contributed by atoms with Crippen LogP contribution in [0.4, 0.5) is 5.95 Å². The van der Waals surface area contributed by atoms with Crippen LogP contribution in [0, 0.1) is 0 Å². The highest BCUT2D eigenvalue weighted by Crippen LogP contribution is 2.12. The van der Waals surface area contributed by atoms with Crippen LogP contribution in [0.5, 0.6) is 0 Å². The fourth-order valence-electron chi connectivity index (χ4n) is 1.21. The zero-order chi connectivity index (χ0) is 13.2. The number of nitrogens with zero attached hydrogens (tertiary/aromatic N) is 4. The van der Waals surface area contributed by atoms with E-state index in [2.05, 4.69) is 19.7 Å². The van der Waals surface area contributed by atoms with E-state index >= 15 is 0 Å². The molecule has 0 aromatic carbocycles. The highest BCUT2D eigenvalue weighted by atomic mass is 35.5. The minimum Gasteiger partial charge on any atom is -0.336 e. The summed E-state index contributed by atoms with van der Waals surface area (Å²) in [4.78, 5) is 11.3. The van der Waals surface area contributed by atoms with Gasteiger partial charge in [-0.1, -0.05) is 11.6 Å². The Morgan fingerprint density at radius 1 is 1.44 bits per heavy atom. The number of hydrogen-bond acceptors (Lipinski definition) is 5. The van der Waals surface area contributed by atoms with Crippen molar-refractivity contribution in [2.75, 3.05) is 4.72 Å². The Balaban J connectivity index is 2.27. The van der Waals surface area contributed by atoms with Crippen molar-refractivity contribution < 1.29 is 8.42 Å². The first-order valence-corrected chi connectivity index (χ1v) is 6.90. The largest absolute Gasteiger partial charge is 0.336 e. The third kappa shape index (κ3) is 2.77. The normalized spacial score (nSPS) is 11.4. The van der Waals surface area contributed by atoms with Crippen molar-refractivity contribution in [3.05, 3.63) is 29.9 Å². The summed E-state index contributed by atoms with van der Waals surface area (Å²) in [7, 11) is -3.78. The molecule has 0 atom stereocenters. The van der Waals surface area contributed by atoms with E-state index in [1.54, 1.807) is 4.57 Å². The number of aryl methyl sites for hydroxylation is 1. The zero-order valence-electron chi connectivity index (χ0n) is 9.41. The molecule has 0 spiro atoms. The molecule has 2 heterocycles. The second kappa shape index (κ2) is 4.91. The van der Waals surface area contributed by atoms with E-state index in [0.29, 0.717) is 6.54 Å². The van der Waals surface area contributed by atoms with E-state index in [-0.39, 0.29) is 16.1 Å². The molecule has 0 unspecified atom stereocenters. The van der Waals surface area contributed by atoms with Gasteiger partial charge in [0.15, 0.2) is 5.03 Å². The van der Waals surface area contributed by atoms with E-state index in [1.807, 2.05) is 6.92 Å². The predicted molar refractivity (Wildman–Crippen MR) is 65.8 cm³/mol. The first kappa shape index (κ1) is 12.8. The first-order chi connectivity index (χ1) is 8.51. The molecule has 0 aliphatic carbocycles. The smallest absolute Gasteiger partial charge is 0.283 e. The Bertz CT molecular complexity index is 654. The Hall–Kier alpha value is -1.67. The molecule has 9 heteroatoms. The summed E-state index contributed by atoms with van der Waals surface area (Å²) >= 11 is 5.64. The fraction of sp³-hybridized carbons (Fsp3) is 0.222. The van der Waals surface area contributed by atoms with Crippen LogP contribution in [0.25, 0.3) is 0 Å². The maximum Gasteiger partial charge on any atom is 0.283 e. The Labute approximate surface area is 109 Å². The van der Waals surface area contributed by atoms with Crippen LogP contribution < -0.4 is 4.72 Å². The number of hydrogen-bond donors (Lipinski definition) is 1. The average Bonchev–Trinajstić information content (AvgIpc) is 2.77. The van der Waals surface area contributed by atoms with Crippen molar-refractivity contribution in [2.24, 2.45) is 0 Å².